The Kier molecular flexibility index (Phi) is 4.93. The monoisotopic (exact) mass is 339 g/mol. The summed E-state index contributed by atoms with van der Waals surface area (Å²) in [5.74, 6) is 0.752. The highest BCUT2D eigenvalue weighted by atomic mass is 16.5. The normalized spacial score (nSPS) is 11.8. The lowest BCUT2D eigenvalue weighted by atomic mass is 10.0. The number of phenolic OH excluding ortho intramolecular Hbond substituents is 1. The number of hydrogen-bond donors (Lipinski definition) is 1. The molecule has 1 N–H and O–H groups in total. The molecular weight excluding hydrogens is 314 g/mol. The van der Waals surface area contributed by atoms with Gasteiger partial charge >= 0.3 is 0 Å². The molecule has 0 unspecified atom stereocenters. The molecule has 2 aromatic carbocycles. The highest BCUT2D eigenvalue weighted by molar-refractivity contribution is 5.73. The van der Waals surface area contributed by atoms with E-state index in [0.29, 0.717) is 11.4 Å². The number of fused-ring (bicyclic) bond motifs is 1. The van der Waals surface area contributed by atoms with Gasteiger partial charge < -0.3 is 9.84 Å². The van der Waals surface area contributed by atoms with Crippen molar-refractivity contribution in [2.24, 2.45) is 0 Å². The smallest absolute Gasteiger partial charge is 0.146 e. The fraction of sp³-hybridized carbons (Fsp3) is 0.400. The molecule has 25 heavy (non-hydrogen) atoms. The second kappa shape index (κ2) is 7.13. The maximum Gasteiger partial charge on any atom is 0.146 e. The van der Waals surface area contributed by atoms with Gasteiger partial charge in [-0.25, -0.2) is 0 Å². The Morgan fingerprint density at radius 3 is 2.32 bits per heavy atom. The molecule has 1 heterocycles. The first-order chi connectivity index (χ1) is 12.0. The highest BCUT2D eigenvalue weighted by Gasteiger charge is 2.20. The van der Waals surface area contributed by atoms with Crippen molar-refractivity contribution < 1.29 is 9.84 Å². The van der Waals surface area contributed by atoms with Gasteiger partial charge in [0, 0.05) is 6.07 Å². The third-order valence-electron chi connectivity index (χ3n) is 4.23. The van der Waals surface area contributed by atoms with Gasteiger partial charge in [0.2, 0.25) is 0 Å². The number of hydrogen-bond acceptors (Lipinski definition) is 4. The maximum atomic E-state index is 10.4. The average Bonchev–Trinajstić information content (AvgIpc) is 2.98. The Bertz CT molecular complexity index is 822. The maximum absolute atomic E-state index is 10.4. The number of ether oxygens (including phenoxy) is 1. The summed E-state index contributed by atoms with van der Waals surface area (Å²) in [6.45, 7) is 6.35. The van der Waals surface area contributed by atoms with Gasteiger partial charge in [0.25, 0.3) is 0 Å². The standard InChI is InChI=1S/C20H25N3O2/c1-4-5-8-13-20(2,3)25-15-11-12-18(19(24)14-15)23-21-16-9-6-7-10-17(16)22-23/h6-7,9-12,14,24H,4-5,8,13H2,1-3H3. The van der Waals surface area contributed by atoms with E-state index in [4.69, 9.17) is 4.74 Å². The molecule has 3 aromatic rings. The Hall–Kier alpha value is -2.56. The Morgan fingerprint density at radius 1 is 1.04 bits per heavy atom. The van der Waals surface area contributed by atoms with Crippen molar-refractivity contribution in [2.75, 3.05) is 0 Å². The summed E-state index contributed by atoms with van der Waals surface area (Å²) in [4.78, 5) is 1.45. The molecule has 0 radical (unpaired) electrons. The zero-order chi connectivity index (χ0) is 17.9. The van der Waals surface area contributed by atoms with Crippen molar-refractivity contribution in [1.82, 2.24) is 15.0 Å². The molecule has 0 aliphatic rings. The van der Waals surface area contributed by atoms with Gasteiger partial charge in [0.1, 0.15) is 33.8 Å². The SMILES string of the molecule is CCCCCC(C)(C)Oc1ccc(-n2nc3ccccc3n2)c(O)c1. The second-order valence-electron chi connectivity index (χ2n) is 6.95. The molecule has 132 valence electrons. The molecule has 1 aromatic heterocycles. The van der Waals surface area contributed by atoms with E-state index in [-0.39, 0.29) is 11.4 Å². The van der Waals surface area contributed by atoms with Crippen LogP contribution in [0.25, 0.3) is 16.7 Å². The van der Waals surface area contributed by atoms with Crippen LogP contribution in [0.4, 0.5) is 0 Å². The van der Waals surface area contributed by atoms with Gasteiger partial charge in [-0.05, 0) is 51.0 Å². The molecular formula is C20H25N3O2. The molecule has 0 aliphatic heterocycles. The summed E-state index contributed by atoms with van der Waals surface area (Å²) < 4.78 is 6.07. The number of aromatic hydroxyl groups is 1. The van der Waals surface area contributed by atoms with E-state index in [1.54, 1.807) is 12.1 Å². The van der Waals surface area contributed by atoms with Crippen molar-refractivity contribution in [3.05, 3.63) is 42.5 Å². The van der Waals surface area contributed by atoms with Crippen molar-refractivity contribution in [1.29, 1.82) is 0 Å². The minimum Gasteiger partial charge on any atom is -0.505 e. The summed E-state index contributed by atoms with van der Waals surface area (Å²) >= 11 is 0. The van der Waals surface area contributed by atoms with Crippen LogP contribution in [0.5, 0.6) is 11.5 Å². The van der Waals surface area contributed by atoms with Crippen molar-refractivity contribution in [3.63, 3.8) is 0 Å². The molecule has 0 atom stereocenters. The molecule has 0 spiro atoms. The third kappa shape index (κ3) is 4.10. The summed E-state index contributed by atoms with van der Waals surface area (Å²) in [7, 11) is 0. The number of unbranched alkanes of at least 4 members (excludes halogenated alkanes) is 2. The van der Waals surface area contributed by atoms with Gasteiger partial charge in [-0.1, -0.05) is 31.9 Å². The lowest BCUT2D eigenvalue weighted by Crippen LogP contribution is -2.28. The second-order valence-corrected chi connectivity index (χ2v) is 6.95. The Balaban J connectivity index is 1.78. The van der Waals surface area contributed by atoms with E-state index in [1.807, 2.05) is 30.3 Å². The summed E-state index contributed by atoms with van der Waals surface area (Å²) in [5.41, 5.74) is 1.85. The minimum absolute atomic E-state index is 0.0992. The van der Waals surface area contributed by atoms with E-state index < -0.39 is 0 Å². The third-order valence-corrected chi connectivity index (χ3v) is 4.23. The van der Waals surface area contributed by atoms with Crippen LogP contribution in [0.3, 0.4) is 0 Å². The van der Waals surface area contributed by atoms with Crippen molar-refractivity contribution in [2.45, 2.75) is 52.1 Å². The molecule has 5 heteroatoms. The lowest BCUT2D eigenvalue weighted by Gasteiger charge is -2.26. The quantitative estimate of drug-likeness (QED) is 0.624. The van der Waals surface area contributed by atoms with Crippen LogP contribution in [0.15, 0.2) is 42.5 Å². The first kappa shape index (κ1) is 17.3. The van der Waals surface area contributed by atoms with Gasteiger partial charge in [-0.3, -0.25) is 0 Å². The van der Waals surface area contributed by atoms with Crippen molar-refractivity contribution >= 4 is 11.0 Å². The molecule has 0 bridgehead atoms. The largest absolute Gasteiger partial charge is 0.505 e. The number of rotatable bonds is 7. The summed E-state index contributed by atoms with van der Waals surface area (Å²) in [6.07, 6.45) is 4.51. The summed E-state index contributed by atoms with van der Waals surface area (Å²) in [5, 5.41) is 19.2. The average molecular weight is 339 g/mol. The van der Waals surface area contributed by atoms with Crippen LogP contribution >= 0.6 is 0 Å². The molecule has 5 nitrogen and oxygen atoms in total. The lowest BCUT2D eigenvalue weighted by molar-refractivity contribution is 0.0960. The van der Waals surface area contributed by atoms with Gasteiger partial charge in [-0.2, -0.15) is 0 Å². The number of aromatic nitrogens is 3. The fourth-order valence-corrected chi connectivity index (χ4v) is 2.87. The van der Waals surface area contributed by atoms with Crippen LogP contribution in [0.2, 0.25) is 0 Å². The minimum atomic E-state index is -0.262. The number of benzene rings is 2. The zero-order valence-corrected chi connectivity index (χ0v) is 15.1. The Morgan fingerprint density at radius 2 is 1.72 bits per heavy atom. The van der Waals surface area contributed by atoms with Crippen LogP contribution in [0, 0.1) is 0 Å². The number of nitrogens with zero attached hydrogens (tertiary/aromatic N) is 3. The van der Waals surface area contributed by atoms with Crippen molar-refractivity contribution in [3.8, 4) is 17.2 Å². The number of phenols is 1. The van der Waals surface area contributed by atoms with Crippen LogP contribution in [-0.2, 0) is 0 Å². The molecule has 0 saturated heterocycles. The predicted octanol–water partition coefficient (Wildman–Crippen LogP) is 4.86. The van der Waals surface area contributed by atoms with E-state index >= 15 is 0 Å². The van der Waals surface area contributed by atoms with E-state index in [9.17, 15) is 5.11 Å². The molecule has 0 aliphatic carbocycles. The first-order valence-electron chi connectivity index (χ1n) is 8.83. The fourth-order valence-electron chi connectivity index (χ4n) is 2.87. The van der Waals surface area contributed by atoms with Crippen LogP contribution < -0.4 is 4.74 Å². The van der Waals surface area contributed by atoms with E-state index in [1.165, 1.54) is 17.6 Å². The predicted molar refractivity (Wildman–Crippen MR) is 99.4 cm³/mol. The van der Waals surface area contributed by atoms with Gasteiger partial charge in [0.15, 0.2) is 0 Å². The van der Waals surface area contributed by atoms with Gasteiger partial charge in [0.05, 0.1) is 0 Å². The van der Waals surface area contributed by atoms with Crippen LogP contribution in [-0.4, -0.2) is 25.7 Å². The molecule has 0 saturated carbocycles. The topological polar surface area (TPSA) is 60.2 Å². The molecule has 3 rings (SSSR count). The van der Waals surface area contributed by atoms with Crippen LogP contribution in [0.1, 0.15) is 46.5 Å². The van der Waals surface area contributed by atoms with E-state index in [0.717, 1.165) is 23.9 Å². The zero-order valence-electron chi connectivity index (χ0n) is 15.1. The highest BCUT2D eigenvalue weighted by Crippen LogP contribution is 2.30. The molecule has 0 fully saturated rings. The first-order valence-corrected chi connectivity index (χ1v) is 8.83. The Labute approximate surface area is 148 Å². The molecule has 0 amide bonds. The summed E-state index contributed by atoms with van der Waals surface area (Å²) in [6, 6.07) is 12.9. The van der Waals surface area contributed by atoms with Gasteiger partial charge in [-0.15, -0.1) is 15.0 Å². The van der Waals surface area contributed by atoms with E-state index in [2.05, 4.69) is 31.0 Å².